The molecule has 0 aliphatic heterocycles. The van der Waals surface area contributed by atoms with Crippen LogP contribution in [-0.2, 0) is 17.8 Å². The number of carboxylic acid groups (broad SMARTS) is 1. The highest BCUT2D eigenvalue weighted by atomic mass is 16.5. The van der Waals surface area contributed by atoms with E-state index in [0.717, 1.165) is 5.56 Å². The van der Waals surface area contributed by atoms with Gasteiger partial charge in [0.1, 0.15) is 0 Å². The van der Waals surface area contributed by atoms with Gasteiger partial charge in [0, 0.05) is 18.9 Å². The van der Waals surface area contributed by atoms with Crippen LogP contribution in [0.3, 0.4) is 0 Å². The Hall–Kier alpha value is -2.47. The predicted octanol–water partition coefficient (Wildman–Crippen LogP) is 1.64. The first-order valence-electron chi connectivity index (χ1n) is 6.51. The Labute approximate surface area is 121 Å². The fraction of sp³-hybridized carbons (Fsp3) is 0.267. The first-order valence-corrected chi connectivity index (χ1v) is 6.51. The number of methoxy groups -OCH3 is 1. The van der Waals surface area contributed by atoms with Gasteiger partial charge in [-0.1, -0.05) is 19.1 Å². The minimum absolute atomic E-state index is 0.416. The van der Waals surface area contributed by atoms with Crippen molar-refractivity contribution < 1.29 is 14.6 Å². The van der Waals surface area contributed by atoms with Crippen molar-refractivity contribution in [2.45, 2.75) is 20.0 Å². The summed E-state index contributed by atoms with van der Waals surface area (Å²) in [5.41, 5.74) is 1.03. The summed E-state index contributed by atoms with van der Waals surface area (Å²) in [6.45, 7) is 2.24. The first-order chi connectivity index (χ1) is 10.1. The summed E-state index contributed by atoms with van der Waals surface area (Å²) in [5, 5.41) is 13.0. The lowest BCUT2D eigenvalue weighted by molar-refractivity contribution is 0.0686. The number of ether oxygens (including phenoxy) is 1. The molecule has 2 rings (SSSR count). The van der Waals surface area contributed by atoms with Gasteiger partial charge < -0.3 is 9.84 Å². The van der Waals surface area contributed by atoms with Crippen LogP contribution in [0.4, 0.5) is 0 Å². The van der Waals surface area contributed by atoms with Crippen LogP contribution < -0.4 is 5.43 Å². The van der Waals surface area contributed by atoms with Crippen molar-refractivity contribution in [2.24, 2.45) is 0 Å². The second-order valence-electron chi connectivity index (χ2n) is 4.54. The highest BCUT2D eigenvalue weighted by Gasteiger charge is 2.15. The SMILES string of the molecule is CCc1cn(-c2cccc(COC)c2)nc(C(=O)O)c1=O. The number of aromatic carboxylic acids is 1. The highest BCUT2D eigenvalue weighted by molar-refractivity contribution is 5.85. The van der Waals surface area contributed by atoms with Gasteiger partial charge in [-0.05, 0) is 24.1 Å². The smallest absolute Gasteiger partial charge is 0.360 e. The van der Waals surface area contributed by atoms with E-state index in [2.05, 4.69) is 5.10 Å². The van der Waals surface area contributed by atoms with Gasteiger partial charge in [0.2, 0.25) is 11.1 Å². The summed E-state index contributed by atoms with van der Waals surface area (Å²) in [4.78, 5) is 23.1. The van der Waals surface area contributed by atoms with Crippen molar-refractivity contribution >= 4 is 5.97 Å². The van der Waals surface area contributed by atoms with Gasteiger partial charge in [-0.2, -0.15) is 5.10 Å². The van der Waals surface area contributed by atoms with E-state index in [9.17, 15) is 9.59 Å². The molecular weight excluding hydrogens is 272 g/mol. The number of carboxylic acids is 1. The molecule has 110 valence electrons. The Kier molecular flexibility index (Phi) is 4.49. The van der Waals surface area contributed by atoms with E-state index in [1.165, 1.54) is 4.68 Å². The van der Waals surface area contributed by atoms with Crippen LogP contribution in [0.5, 0.6) is 0 Å². The van der Waals surface area contributed by atoms with Crippen LogP contribution in [0.25, 0.3) is 5.69 Å². The van der Waals surface area contributed by atoms with Gasteiger partial charge in [-0.15, -0.1) is 0 Å². The molecule has 6 heteroatoms. The van der Waals surface area contributed by atoms with Gasteiger partial charge in [-0.3, -0.25) is 4.79 Å². The molecule has 1 heterocycles. The van der Waals surface area contributed by atoms with Gasteiger partial charge in [0.25, 0.3) is 0 Å². The predicted molar refractivity (Wildman–Crippen MR) is 76.9 cm³/mol. The Morgan fingerprint density at radius 2 is 2.19 bits per heavy atom. The zero-order chi connectivity index (χ0) is 15.4. The Morgan fingerprint density at radius 3 is 2.81 bits per heavy atom. The topological polar surface area (TPSA) is 81.4 Å². The molecule has 1 aromatic carbocycles. The molecule has 0 aliphatic rings. The molecule has 0 unspecified atom stereocenters. The summed E-state index contributed by atoms with van der Waals surface area (Å²) in [6.07, 6.45) is 2.01. The number of hydrogen-bond donors (Lipinski definition) is 1. The summed E-state index contributed by atoms with van der Waals surface area (Å²) >= 11 is 0. The molecule has 0 radical (unpaired) electrons. The summed E-state index contributed by atoms with van der Waals surface area (Å²) < 4.78 is 6.49. The van der Waals surface area contributed by atoms with Crippen LogP contribution >= 0.6 is 0 Å². The highest BCUT2D eigenvalue weighted by Crippen LogP contribution is 2.11. The van der Waals surface area contributed by atoms with Crippen molar-refractivity contribution in [1.82, 2.24) is 9.78 Å². The van der Waals surface area contributed by atoms with Crippen molar-refractivity contribution in [3.05, 3.63) is 57.5 Å². The maximum Gasteiger partial charge on any atom is 0.360 e. The number of nitrogens with zero attached hydrogens (tertiary/aromatic N) is 2. The third-order valence-corrected chi connectivity index (χ3v) is 3.06. The van der Waals surface area contributed by atoms with E-state index >= 15 is 0 Å². The van der Waals surface area contributed by atoms with E-state index in [0.29, 0.717) is 24.3 Å². The summed E-state index contributed by atoms with van der Waals surface area (Å²) in [7, 11) is 1.60. The summed E-state index contributed by atoms with van der Waals surface area (Å²) in [5.74, 6) is -1.32. The molecule has 0 saturated carbocycles. The Morgan fingerprint density at radius 1 is 1.43 bits per heavy atom. The average molecular weight is 288 g/mol. The monoisotopic (exact) mass is 288 g/mol. The molecule has 0 aliphatic carbocycles. The molecule has 2 aromatic rings. The molecule has 0 saturated heterocycles. The van der Waals surface area contributed by atoms with E-state index in [4.69, 9.17) is 9.84 Å². The lowest BCUT2D eigenvalue weighted by atomic mass is 10.2. The summed E-state index contributed by atoms with van der Waals surface area (Å²) in [6, 6.07) is 7.36. The second kappa shape index (κ2) is 6.32. The Balaban J connectivity index is 2.58. The van der Waals surface area contributed by atoms with E-state index in [1.807, 2.05) is 18.2 Å². The first kappa shape index (κ1) is 14.9. The molecule has 1 aromatic heterocycles. The average Bonchev–Trinajstić information content (AvgIpc) is 2.48. The number of aromatic nitrogens is 2. The largest absolute Gasteiger partial charge is 0.476 e. The zero-order valence-corrected chi connectivity index (χ0v) is 11.9. The lowest BCUT2D eigenvalue weighted by Gasteiger charge is -2.10. The third-order valence-electron chi connectivity index (χ3n) is 3.06. The van der Waals surface area contributed by atoms with Crippen LogP contribution in [0.1, 0.15) is 28.5 Å². The zero-order valence-electron chi connectivity index (χ0n) is 11.9. The second-order valence-corrected chi connectivity index (χ2v) is 4.54. The van der Waals surface area contributed by atoms with Gasteiger partial charge in [-0.25, -0.2) is 9.48 Å². The van der Waals surface area contributed by atoms with E-state index in [1.54, 1.807) is 26.3 Å². The number of rotatable bonds is 5. The van der Waals surface area contributed by atoms with Gasteiger partial charge in [0.05, 0.1) is 12.3 Å². The molecule has 6 nitrogen and oxygen atoms in total. The van der Waals surface area contributed by atoms with Crippen LogP contribution in [0.2, 0.25) is 0 Å². The number of hydrogen-bond acceptors (Lipinski definition) is 4. The molecule has 1 N–H and O–H groups in total. The molecule has 21 heavy (non-hydrogen) atoms. The fourth-order valence-electron chi connectivity index (χ4n) is 2.02. The minimum Gasteiger partial charge on any atom is -0.476 e. The van der Waals surface area contributed by atoms with Crippen molar-refractivity contribution in [1.29, 1.82) is 0 Å². The van der Waals surface area contributed by atoms with Crippen LogP contribution in [0.15, 0.2) is 35.3 Å². The molecule has 0 fully saturated rings. The molecular formula is C15H16N2O4. The number of benzene rings is 1. The molecule has 0 bridgehead atoms. The van der Waals surface area contributed by atoms with Crippen molar-refractivity contribution in [2.75, 3.05) is 7.11 Å². The maximum absolute atomic E-state index is 11.9. The van der Waals surface area contributed by atoms with Gasteiger partial charge >= 0.3 is 5.97 Å². The van der Waals surface area contributed by atoms with Crippen LogP contribution in [-0.4, -0.2) is 28.0 Å². The van der Waals surface area contributed by atoms with E-state index in [-0.39, 0.29) is 0 Å². The normalized spacial score (nSPS) is 10.6. The van der Waals surface area contributed by atoms with Crippen molar-refractivity contribution in [3.63, 3.8) is 0 Å². The quantitative estimate of drug-likeness (QED) is 0.904. The van der Waals surface area contributed by atoms with Crippen LogP contribution in [0, 0.1) is 0 Å². The van der Waals surface area contributed by atoms with Crippen molar-refractivity contribution in [3.8, 4) is 5.69 Å². The minimum atomic E-state index is -1.32. The lowest BCUT2D eigenvalue weighted by Crippen LogP contribution is -2.24. The Bertz CT molecular complexity index is 722. The maximum atomic E-state index is 11.9. The molecule has 0 atom stereocenters. The standard InChI is InChI=1S/C15H16N2O4/c1-3-11-8-17(16-13(14(11)18)15(19)20)12-6-4-5-10(7-12)9-21-2/h4-8H,3,9H2,1-2H3,(H,19,20). The molecule has 0 amide bonds. The number of carbonyl (C=O) groups is 1. The molecule has 0 spiro atoms. The fourth-order valence-corrected chi connectivity index (χ4v) is 2.02. The third kappa shape index (κ3) is 3.17. The number of aryl methyl sites for hydroxylation is 1. The van der Waals surface area contributed by atoms with E-state index < -0.39 is 17.1 Å². The van der Waals surface area contributed by atoms with Gasteiger partial charge in [0.15, 0.2) is 0 Å².